The van der Waals surface area contributed by atoms with Crippen molar-refractivity contribution in [2.75, 3.05) is 0 Å². The van der Waals surface area contributed by atoms with Gasteiger partial charge in [-0.2, -0.15) is 0 Å². The summed E-state index contributed by atoms with van der Waals surface area (Å²) in [5.74, 6) is -1.05. The SMILES string of the molecule is O=C(OP(O)Cl)c1ccccc1O. The number of carbonyl (C=O) groups excluding carboxylic acids is 1. The van der Waals surface area contributed by atoms with Gasteiger partial charge in [-0.05, 0) is 23.4 Å². The second-order valence-corrected chi connectivity index (χ2v) is 3.62. The molecule has 0 bridgehead atoms. The lowest BCUT2D eigenvalue weighted by Gasteiger charge is -2.04. The molecule has 0 saturated carbocycles. The topological polar surface area (TPSA) is 66.8 Å². The third-order valence-corrected chi connectivity index (χ3v) is 1.81. The summed E-state index contributed by atoms with van der Waals surface area (Å²) in [6.07, 6.45) is 0. The zero-order valence-corrected chi connectivity index (χ0v) is 8.00. The van der Waals surface area contributed by atoms with E-state index >= 15 is 0 Å². The Bertz CT molecular complexity index is 315. The number of halogens is 1. The van der Waals surface area contributed by atoms with E-state index in [1.54, 1.807) is 12.1 Å². The van der Waals surface area contributed by atoms with E-state index < -0.39 is 13.7 Å². The van der Waals surface area contributed by atoms with Crippen molar-refractivity contribution in [1.29, 1.82) is 0 Å². The Balaban J connectivity index is 2.83. The number of para-hydroxylation sites is 1. The molecule has 1 aromatic rings. The standard InChI is InChI=1S/C7H6ClO4P/c8-13(11)12-7(10)5-3-1-2-4-6(5)9/h1-4,9,11H. The molecule has 0 spiro atoms. The summed E-state index contributed by atoms with van der Waals surface area (Å²) in [7, 11) is -2.26. The molecule has 0 aliphatic carbocycles. The molecule has 0 fully saturated rings. The third-order valence-electron chi connectivity index (χ3n) is 1.28. The van der Waals surface area contributed by atoms with Crippen LogP contribution in [0.15, 0.2) is 24.3 Å². The molecule has 1 aromatic carbocycles. The predicted octanol–water partition coefficient (Wildman–Crippen LogP) is 2.01. The predicted molar refractivity (Wildman–Crippen MR) is 48.5 cm³/mol. The highest BCUT2D eigenvalue weighted by Gasteiger charge is 2.15. The second kappa shape index (κ2) is 4.42. The number of benzene rings is 1. The van der Waals surface area contributed by atoms with Gasteiger partial charge in [-0.15, -0.1) is 0 Å². The van der Waals surface area contributed by atoms with Gasteiger partial charge < -0.3 is 14.5 Å². The van der Waals surface area contributed by atoms with Crippen LogP contribution in [-0.2, 0) is 4.52 Å². The monoisotopic (exact) mass is 220 g/mol. The zero-order valence-electron chi connectivity index (χ0n) is 6.35. The molecule has 6 heteroatoms. The van der Waals surface area contributed by atoms with Crippen molar-refractivity contribution in [2.24, 2.45) is 0 Å². The average Bonchev–Trinajstić information content (AvgIpc) is 2.03. The molecule has 0 amide bonds. The molecule has 13 heavy (non-hydrogen) atoms. The van der Waals surface area contributed by atoms with E-state index in [-0.39, 0.29) is 11.3 Å². The Kier molecular flexibility index (Phi) is 3.48. The number of hydrogen-bond acceptors (Lipinski definition) is 4. The van der Waals surface area contributed by atoms with Crippen molar-refractivity contribution >= 4 is 24.9 Å². The van der Waals surface area contributed by atoms with Gasteiger partial charge in [0.2, 0.25) is 0 Å². The summed E-state index contributed by atoms with van der Waals surface area (Å²) >= 11 is 5.07. The molecule has 1 unspecified atom stereocenters. The van der Waals surface area contributed by atoms with E-state index in [0.717, 1.165) is 0 Å². The maximum atomic E-state index is 11.1. The molecule has 0 aliphatic rings. The Hall–Kier alpha value is -0.830. The Morgan fingerprint density at radius 3 is 2.62 bits per heavy atom. The fraction of sp³-hybridized carbons (Fsp3) is 0. The lowest BCUT2D eigenvalue weighted by Crippen LogP contribution is -1.99. The second-order valence-electron chi connectivity index (χ2n) is 2.12. The van der Waals surface area contributed by atoms with Gasteiger partial charge in [0.05, 0.1) is 0 Å². The first kappa shape index (κ1) is 10.3. The van der Waals surface area contributed by atoms with Gasteiger partial charge in [-0.25, -0.2) is 4.79 Å². The molecule has 1 atom stereocenters. The fourth-order valence-corrected chi connectivity index (χ4v) is 1.19. The maximum Gasteiger partial charge on any atom is 0.347 e. The van der Waals surface area contributed by atoms with Crippen molar-refractivity contribution < 1.29 is 19.3 Å². The maximum absolute atomic E-state index is 11.1. The van der Waals surface area contributed by atoms with Gasteiger partial charge >= 0.3 is 13.7 Å². The van der Waals surface area contributed by atoms with Crippen LogP contribution in [0.1, 0.15) is 10.4 Å². The third kappa shape index (κ3) is 2.84. The highest BCUT2D eigenvalue weighted by atomic mass is 35.7. The Morgan fingerprint density at radius 1 is 1.46 bits per heavy atom. The van der Waals surface area contributed by atoms with Gasteiger partial charge in [0.1, 0.15) is 11.3 Å². The molecule has 0 saturated heterocycles. The molecule has 0 aliphatic heterocycles. The van der Waals surface area contributed by atoms with Crippen LogP contribution >= 0.6 is 19.0 Å². The summed E-state index contributed by atoms with van der Waals surface area (Å²) in [6, 6.07) is 5.83. The number of carbonyl (C=O) groups is 1. The normalized spacial score (nSPS) is 12.2. The number of phenols is 1. The van der Waals surface area contributed by atoms with Crippen LogP contribution in [0.5, 0.6) is 5.75 Å². The van der Waals surface area contributed by atoms with Crippen molar-refractivity contribution in [1.82, 2.24) is 0 Å². The lowest BCUT2D eigenvalue weighted by molar-refractivity contribution is 0.0741. The Labute approximate surface area is 80.4 Å². The van der Waals surface area contributed by atoms with Crippen LogP contribution in [0.25, 0.3) is 0 Å². The Morgan fingerprint density at radius 2 is 2.08 bits per heavy atom. The first-order valence-electron chi connectivity index (χ1n) is 3.26. The minimum atomic E-state index is -2.26. The lowest BCUT2D eigenvalue weighted by atomic mass is 10.2. The summed E-state index contributed by atoms with van der Waals surface area (Å²) in [5.41, 5.74) is -0.0234. The molecule has 70 valence electrons. The van der Waals surface area contributed by atoms with Crippen molar-refractivity contribution in [3.8, 4) is 5.75 Å². The average molecular weight is 221 g/mol. The van der Waals surface area contributed by atoms with Crippen LogP contribution in [-0.4, -0.2) is 16.0 Å². The first-order chi connectivity index (χ1) is 6.11. The molecular formula is C7H6ClO4P. The smallest absolute Gasteiger partial charge is 0.347 e. The van der Waals surface area contributed by atoms with Crippen LogP contribution in [0.3, 0.4) is 0 Å². The van der Waals surface area contributed by atoms with Crippen molar-refractivity contribution in [2.45, 2.75) is 0 Å². The molecule has 0 radical (unpaired) electrons. The summed E-state index contributed by atoms with van der Waals surface area (Å²) in [4.78, 5) is 19.6. The zero-order chi connectivity index (χ0) is 9.84. The van der Waals surface area contributed by atoms with E-state index in [2.05, 4.69) is 4.52 Å². The molecular weight excluding hydrogens is 214 g/mol. The van der Waals surface area contributed by atoms with Crippen LogP contribution in [0, 0.1) is 0 Å². The number of rotatable bonds is 2. The molecule has 4 nitrogen and oxygen atoms in total. The minimum Gasteiger partial charge on any atom is -0.507 e. The summed E-state index contributed by atoms with van der Waals surface area (Å²) in [5, 5.41) is 9.18. The fourth-order valence-electron chi connectivity index (χ4n) is 0.764. The largest absolute Gasteiger partial charge is 0.507 e. The van der Waals surface area contributed by atoms with Gasteiger partial charge in [0.15, 0.2) is 0 Å². The van der Waals surface area contributed by atoms with E-state index in [0.29, 0.717) is 0 Å². The van der Waals surface area contributed by atoms with E-state index in [9.17, 15) is 9.90 Å². The number of hydrogen-bond donors (Lipinski definition) is 2. The van der Waals surface area contributed by atoms with Gasteiger partial charge in [0, 0.05) is 0 Å². The molecule has 1 rings (SSSR count). The molecule has 0 heterocycles. The van der Waals surface area contributed by atoms with Crippen molar-refractivity contribution in [3.63, 3.8) is 0 Å². The first-order valence-corrected chi connectivity index (χ1v) is 5.38. The highest BCUT2D eigenvalue weighted by molar-refractivity contribution is 7.75. The van der Waals surface area contributed by atoms with E-state index in [4.69, 9.17) is 16.1 Å². The van der Waals surface area contributed by atoms with Crippen molar-refractivity contribution in [3.05, 3.63) is 29.8 Å². The van der Waals surface area contributed by atoms with E-state index in [1.807, 2.05) is 0 Å². The van der Waals surface area contributed by atoms with Gasteiger partial charge in [-0.1, -0.05) is 12.1 Å². The van der Waals surface area contributed by atoms with Crippen LogP contribution < -0.4 is 0 Å². The van der Waals surface area contributed by atoms with Crippen LogP contribution in [0.4, 0.5) is 0 Å². The quantitative estimate of drug-likeness (QED) is 0.748. The highest BCUT2D eigenvalue weighted by Crippen LogP contribution is 2.38. The molecule has 0 aromatic heterocycles. The minimum absolute atomic E-state index is 0.0234. The van der Waals surface area contributed by atoms with Crippen LogP contribution in [0.2, 0.25) is 0 Å². The molecule has 2 N–H and O–H groups in total. The number of aromatic hydroxyl groups is 1. The van der Waals surface area contributed by atoms with E-state index in [1.165, 1.54) is 12.1 Å². The van der Waals surface area contributed by atoms with Gasteiger partial charge in [0.25, 0.3) is 0 Å². The van der Waals surface area contributed by atoms with Gasteiger partial charge in [-0.3, -0.25) is 0 Å². The number of phenolic OH excluding ortho intramolecular Hbond substituents is 1. The summed E-state index contributed by atoms with van der Waals surface area (Å²) in [6.45, 7) is 0. The summed E-state index contributed by atoms with van der Waals surface area (Å²) < 4.78 is 4.30.